The first-order valence-electron chi connectivity index (χ1n) is 9.42. The molecule has 0 aliphatic heterocycles. The van der Waals surface area contributed by atoms with Gasteiger partial charge in [-0.1, -0.05) is 104 Å². The molecule has 0 amide bonds. The van der Waals surface area contributed by atoms with Crippen LogP contribution in [0.2, 0.25) is 0 Å². The summed E-state index contributed by atoms with van der Waals surface area (Å²) in [5.41, 5.74) is 0. The van der Waals surface area contributed by atoms with Gasteiger partial charge >= 0.3 is 0 Å². The number of hydrogen-bond donors (Lipinski definition) is 1. The average molecular weight is 285 g/mol. The lowest BCUT2D eigenvalue weighted by molar-refractivity contribution is 0.282. The van der Waals surface area contributed by atoms with Crippen molar-refractivity contribution in [2.24, 2.45) is 5.92 Å². The molecular formula is C19H40O. The number of aliphatic hydroxyl groups excluding tert-OH is 1. The molecule has 1 N–H and O–H groups in total. The van der Waals surface area contributed by atoms with Crippen molar-refractivity contribution in [2.75, 3.05) is 6.61 Å². The van der Waals surface area contributed by atoms with Crippen LogP contribution in [0.5, 0.6) is 0 Å². The van der Waals surface area contributed by atoms with E-state index in [1.165, 1.54) is 89.9 Å². The molecule has 0 saturated heterocycles. The molecule has 0 heterocycles. The normalized spacial score (nSPS) is 12.8. The third-order valence-corrected chi connectivity index (χ3v) is 4.55. The summed E-state index contributed by atoms with van der Waals surface area (Å²) in [5, 5.41) is 8.68. The number of unbranched alkanes of at least 4 members (excludes halogenated alkanes) is 12. The van der Waals surface area contributed by atoms with Crippen molar-refractivity contribution < 1.29 is 5.11 Å². The van der Waals surface area contributed by atoms with Crippen molar-refractivity contribution in [3.63, 3.8) is 0 Å². The van der Waals surface area contributed by atoms with E-state index in [1.807, 2.05) is 0 Å². The van der Waals surface area contributed by atoms with Gasteiger partial charge in [0.05, 0.1) is 0 Å². The second-order valence-corrected chi connectivity index (χ2v) is 6.62. The monoisotopic (exact) mass is 284 g/mol. The lowest BCUT2D eigenvalue weighted by atomic mass is 9.99. The van der Waals surface area contributed by atoms with Crippen molar-refractivity contribution in [3.8, 4) is 0 Å². The molecule has 0 aromatic rings. The summed E-state index contributed by atoms with van der Waals surface area (Å²) < 4.78 is 0. The SMILES string of the molecule is CC[C@@H](C)CCCCCCCCCCCCCCCO. The lowest BCUT2D eigenvalue weighted by Gasteiger charge is -2.07. The van der Waals surface area contributed by atoms with Crippen molar-refractivity contribution in [2.45, 2.75) is 110 Å². The van der Waals surface area contributed by atoms with Gasteiger partial charge in [-0.3, -0.25) is 0 Å². The van der Waals surface area contributed by atoms with Gasteiger partial charge in [-0.15, -0.1) is 0 Å². The minimum Gasteiger partial charge on any atom is -0.396 e. The molecule has 1 heteroatoms. The van der Waals surface area contributed by atoms with E-state index in [9.17, 15) is 0 Å². The zero-order valence-electron chi connectivity index (χ0n) is 14.3. The Balaban J connectivity index is 2.96. The van der Waals surface area contributed by atoms with E-state index in [-0.39, 0.29) is 0 Å². The molecule has 1 atom stereocenters. The largest absolute Gasteiger partial charge is 0.396 e. The van der Waals surface area contributed by atoms with E-state index in [2.05, 4.69) is 13.8 Å². The van der Waals surface area contributed by atoms with Crippen LogP contribution < -0.4 is 0 Å². The molecule has 0 aromatic carbocycles. The van der Waals surface area contributed by atoms with Crippen LogP contribution in [0.4, 0.5) is 0 Å². The molecular weight excluding hydrogens is 244 g/mol. The van der Waals surface area contributed by atoms with E-state index in [0.29, 0.717) is 6.61 Å². The average Bonchev–Trinajstić information content (AvgIpc) is 2.47. The summed E-state index contributed by atoms with van der Waals surface area (Å²) in [7, 11) is 0. The summed E-state index contributed by atoms with van der Waals surface area (Å²) in [4.78, 5) is 0. The molecule has 0 spiro atoms. The maximum absolute atomic E-state index is 8.68. The van der Waals surface area contributed by atoms with Crippen molar-refractivity contribution >= 4 is 0 Å². The Labute approximate surface area is 128 Å². The summed E-state index contributed by atoms with van der Waals surface area (Å²) in [6, 6.07) is 0. The van der Waals surface area contributed by atoms with Gasteiger partial charge < -0.3 is 5.11 Å². The molecule has 0 rings (SSSR count). The van der Waals surface area contributed by atoms with E-state index in [1.54, 1.807) is 0 Å². The Morgan fingerprint density at radius 3 is 1.30 bits per heavy atom. The minimum absolute atomic E-state index is 0.372. The highest BCUT2D eigenvalue weighted by Gasteiger charge is 1.98. The Bertz CT molecular complexity index is 167. The quantitative estimate of drug-likeness (QED) is 0.321. The molecule has 0 aromatic heterocycles. The number of hydrogen-bond acceptors (Lipinski definition) is 1. The van der Waals surface area contributed by atoms with E-state index < -0.39 is 0 Å². The van der Waals surface area contributed by atoms with E-state index >= 15 is 0 Å². The second-order valence-electron chi connectivity index (χ2n) is 6.62. The van der Waals surface area contributed by atoms with E-state index in [0.717, 1.165) is 12.3 Å². The van der Waals surface area contributed by atoms with Gasteiger partial charge in [0, 0.05) is 6.61 Å². The van der Waals surface area contributed by atoms with Crippen LogP contribution >= 0.6 is 0 Å². The second kappa shape index (κ2) is 17.0. The summed E-state index contributed by atoms with van der Waals surface area (Å²) in [5.74, 6) is 0.937. The molecule has 0 fully saturated rings. The molecule has 0 bridgehead atoms. The first kappa shape index (κ1) is 20.0. The molecule has 0 aliphatic carbocycles. The van der Waals surface area contributed by atoms with Gasteiger partial charge in [-0.25, -0.2) is 0 Å². The molecule has 0 radical (unpaired) electrons. The predicted molar refractivity (Wildman–Crippen MR) is 91.2 cm³/mol. The van der Waals surface area contributed by atoms with Crippen molar-refractivity contribution in [1.29, 1.82) is 0 Å². The summed E-state index contributed by atoms with van der Waals surface area (Å²) in [6.45, 7) is 5.05. The van der Waals surface area contributed by atoms with Gasteiger partial charge in [-0.2, -0.15) is 0 Å². The van der Waals surface area contributed by atoms with Crippen LogP contribution in [-0.2, 0) is 0 Å². The minimum atomic E-state index is 0.372. The fourth-order valence-electron chi connectivity index (χ4n) is 2.75. The standard InChI is InChI=1S/C19H40O/c1-3-19(2)17-15-13-11-9-7-5-4-6-8-10-12-14-16-18-20/h19-20H,3-18H2,1-2H3/t19-/m1/s1. The smallest absolute Gasteiger partial charge is 0.0431 e. The van der Waals surface area contributed by atoms with Crippen LogP contribution in [0.25, 0.3) is 0 Å². The molecule has 122 valence electrons. The van der Waals surface area contributed by atoms with Crippen molar-refractivity contribution in [3.05, 3.63) is 0 Å². The zero-order valence-corrected chi connectivity index (χ0v) is 14.3. The Hall–Kier alpha value is -0.0400. The van der Waals surface area contributed by atoms with Gasteiger partial charge in [0.25, 0.3) is 0 Å². The fraction of sp³-hybridized carbons (Fsp3) is 1.00. The molecule has 0 aliphatic rings. The maximum Gasteiger partial charge on any atom is 0.0431 e. The Kier molecular flexibility index (Phi) is 17.0. The fourth-order valence-corrected chi connectivity index (χ4v) is 2.75. The van der Waals surface area contributed by atoms with Gasteiger partial charge in [0.2, 0.25) is 0 Å². The lowest BCUT2D eigenvalue weighted by Crippen LogP contribution is -1.91. The number of rotatable bonds is 16. The summed E-state index contributed by atoms with van der Waals surface area (Å²) in [6.07, 6.45) is 20.7. The third-order valence-electron chi connectivity index (χ3n) is 4.55. The molecule has 1 nitrogen and oxygen atoms in total. The first-order chi connectivity index (χ1) is 9.81. The highest BCUT2D eigenvalue weighted by atomic mass is 16.2. The van der Waals surface area contributed by atoms with Crippen molar-refractivity contribution in [1.82, 2.24) is 0 Å². The predicted octanol–water partition coefficient (Wildman–Crippen LogP) is 6.49. The van der Waals surface area contributed by atoms with Crippen LogP contribution in [0.1, 0.15) is 110 Å². The molecule has 0 unspecified atom stereocenters. The van der Waals surface area contributed by atoms with Gasteiger partial charge in [0.1, 0.15) is 0 Å². The topological polar surface area (TPSA) is 20.2 Å². The van der Waals surface area contributed by atoms with Crippen LogP contribution in [0.3, 0.4) is 0 Å². The zero-order chi connectivity index (χ0) is 14.9. The highest BCUT2D eigenvalue weighted by molar-refractivity contribution is 4.52. The van der Waals surface area contributed by atoms with Crippen LogP contribution in [0.15, 0.2) is 0 Å². The van der Waals surface area contributed by atoms with Crippen LogP contribution in [-0.4, -0.2) is 11.7 Å². The highest BCUT2D eigenvalue weighted by Crippen LogP contribution is 2.15. The summed E-state index contributed by atoms with van der Waals surface area (Å²) >= 11 is 0. The molecule has 20 heavy (non-hydrogen) atoms. The van der Waals surface area contributed by atoms with E-state index in [4.69, 9.17) is 5.11 Å². The maximum atomic E-state index is 8.68. The van der Waals surface area contributed by atoms with Gasteiger partial charge in [0.15, 0.2) is 0 Å². The first-order valence-corrected chi connectivity index (χ1v) is 9.42. The number of aliphatic hydroxyl groups is 1. The van der Waals surface area contributed by atoms with Crippen LogP contribution in [0, 0.1) is 5.92 Å². The Morgan fingerprint density at radius 1 is 0.600 bits per heavy atom. The Morgan fingerprint density at radius 2 is 0.950 bits per heavy atom. The van der Waals surface area contributed by atoms with Gasteiger partial charge in [-0.05, 0) is 12.3 Å². The molecule has 0 saturated carbocycles. The third kappa shape index (κ3) is 16.0.